The molecular formula is C13H10BrF2NO. The minimum absolute atomic E-state index is 0.0182. The molecule has 0 bridgehead atoms. The molecule has 0 saturated heterocycles. The lowest BCUT2D eigenvalue weighted by atomic mass is 10.2. The van der Waals surface area contributed by atoms with Gasteiger partial charge in [0, 0.05) is 12.6 Å². The van der Waals surface area contributed by atoms with Crippen LogP contribution in [0.25, 0.3) is 0 Å². The van der Waals surface area contributed by atoms with Gasteiger partial charge in [0.15, 0.2) is 11.6 Å². The molecule has 18 heavy (non-hydrogen) atoms. The highest BCUT2D eigenvalue weighted by molar-refractivity contribution is 9.10. The molecule has 5 heteroatoms. The van der Waals surface area contributed by atoms with Crippen LogP contribution in [0.5, 0.6) is 11.5 Å². The number of nitrogens with two attached hydrogens (primary N) is 1. The average Bonchev–Trinajstić information content (AvgIpc) is 2.35. The lowest BCUT2D eigenvalue weighted by Gasteiger charge is -2.10. The normalized spacial score (nSPS) is 10.4. The van der Waals surface area contributed by atoms with Crippen molar-refractivity contribution >= 4 is 15.9 Å². The van der Waals surface area contributed by atoms with Gasteiger partial charge in [-0.25, -0.2) is 8.78 Å². The van der Waals surface area contributed by atoms with Crippen molar-refractivity contribution in [2.45, 2.75) is 6.54 Å². The summed E-state index contributed by atoms with van der Waals surface area (Å²) in [6.45, 7) is 0.220. The van der Waals surface area contributed by atoms with Crippen molar-refractivity contribution < 1.29 is 13.5 Å². The zero-order valence-corrected chi connectivity index (χ0v) is 10.9. The molecule has 0 fully saturated rings. The van der Waals surface area contributed by atoms with Crippen molar-refractivity contribution in [2.24, 2.45) is 5.73 Å². The third-order valence-electron chi connectivity index (χ3n) is 2.37. The fourth-order valence-corrected chi connectivity index (χ4v) is 1.96. The fourth-order valence-electron chi connectivity index (χ4n) is 1.47. The third-order valence-corrected chi connectivity index (χ3v) is 3.23. The van der Waals surface area contributed by atoms with Crippen molar-refractivity contribution in [3.8, 4) is 11.5 Å². The van der Waals surface area contributed by atoms with Gasteiger partial charge in [0.2, 0.25) is 0 Å². The molecule has 0 saturated carbocycles. The van der Waals surface area contributed by atoms with E-state index in [0.29, 0.717) is 5.56 Å². The largest absolute Gasteiger partial charge is 0.454 e. The first kappa shape index (κ1) is 13.0. The number of ether oxygens (including phenoxy) is 1. The number of rotatable bonds is 3. The first-order valence-electron chi connectivity index (χ1n) is 5.22. The van der Waals surface area contributed by atoms with Gasteiger partial charge in [0.25, 0.3) is 0 Å². The van der Waals surface area contributed by atoms with Gasteiger partial charge in [-0.3, -0.25) is 0 Å². The summed E-state index contributed by atoms with van der Waals surface area (Å²) in [5, 5.41) is 0. The maximum atomic E-state index is 13.9. The Hall–Kier alpha value is -1.46. The van der Waals surface area contributed by atoms with Crippen LogP contribution in [0.3, 0.4) is 0 Å². The molecule has 0 amide bonds. The minimum Gasteiger partial charge on any atom is -0.454 e. The molecule has 0 aliphatic carbocycles. The molecule has 0 aliphatic heterocycles. The minimum atomic E-state index is -0.554. The molecule has 0 heterocycles. The number of halogens is 3. The van der Waals surface area contributed by atoms with Crippen LogP contribution in [0.4, 0.5) is 8.78 Å². The predicted molar refractivity (Wildman–Crippen MR) is 68.5 cm³/mol. The highest BCUT2D eigenvalue weighted by atomic mass is 79.9. The van der Waals surface area contributed by atoms with E-state index >= 15 is 0 Å². The van der Waals surface area contributed by atoms with E-state index in [2.05, 4.69) is 15.9 Å². The van der Waals surface area contributed by atoms with Crippen LogP contribution in [0.2, 0.25) is 0 Å². The Morgan fingerprint density at radius 1 is 1.17 bits per heavy atom. The van der Waals surface area contributed by atoms with Gasteiger partial charge in [-0.1, -0.05) is 12.1 Å². The topological polar surface area (TPSA) is 35.2 Å². The molecule has 0 aromatic heterocycles. The molecule has 2 N–H and O–H groups in total. The van der Waals surface area contributed by atoms with Crippen LogP contribution in [0.1, 0.15) is 5.56 Å². The predicted octanol–water partition coefficient (Wildman–Crippen LogP) is 3.98. The Kier molecular flexibility index (Phi) is 3.93. The van der Waals surface area contributed by atoms with Crippen molar-refractivity contribution in [2.75, 3.05) is 0 Å². The van der Waals surface area contributed by atoms with Crippen molar-refractivity contribution in [1.29, 1.82) is 0 Å². The Morgan fingerprint density at radius 3 is 2.61 bits per heavy atom. The standard InChI is InChI=1S/C13H10BrF2NO/c14-12-8(7-17)4-5-11(13(12)16)18-10-3-1-2-9(15)6-10/h1-6H,7,17H2. The van der Waals surface area contributed by atoms with Gasteiger partial charge in [0.1, 0.15) is 11.6 Å². The van der Waals surface area contributed by atoms with Crippen molar-refractivity contribution in [1.82, 2.24) is 0 Å². The summed E-state index contributed by atoms with van der Waals surface area (Å²) in [6, 6.07) is 8.63. The quantitative estimate of drug-likeness (QED) is 0.930. The van der Waals surface area contributed by atoms with Gasteiger partial charge >= 0.3 is 0 Å². The molecule has 2 nitrogen and oxygen atoms in total. The van der Waals surface area contributed by atoms with E-state index in [-0.39, 0.29) is 22.5 Å². The summed E-state index contributed by atoms with van der Waals surface area (Å²) in [7, 11) is 0. The molecule has 0 atom stereocenters. The maximum absolute atomic E-state index is 13.9. The van der Waals surface area contributed by atoms with Gasteiger partial charge in [0.05, 0.1) is 4.47 Å². The van der Waals surface area contributed by atoms with Crippen molar-refractivity contribution in [3.63, 3.8) is 0 Å². The zero-order valence-electron chi connectivity index (χ0n) is 9.29. The lowest BCUT2D eigenvalue weighted by Crippen LogP contribution is -2.00. The van der Waals surface area contributed by atoms with Gasteiger partial charge in [-0.05, 0) is 39.7 Å². The summed E-state index contributed by atoms with van der Waals surface area (Å²) in [5.41, 5.74) is 6.09. The van der Waals surface area contributed by atoms with E-state index in [0.717, 1.165) is 0 Å². The van der Waals surface area contributed by atoms with Crippen LogP contribution in [-0.4, -0.2) is 0 Å². The molecule has 2 rings (SSSR count). The highest BCUT2D eigenvalue weighted by Crippen LogP contribution is 2.31. The van der Waals surface area contributed by atoms with Crippen molar-refractivity contribution in [3.05, 3.63) is 58.1 Å². The van der Waals surface area contributed by atoms with Crippen LogP contribution < -0.4 is 10.5 Å². The first-order valence-corrected chi connectivity index (χ1v) is 6.01. The molecule has 94 valence electrons. The van der Waals surface area contributed by atoms with Crippen LogP contribution >= 0.6 is 15.9 Å². The fraction of sp³-hybridized carbons (Fsp3) is 0.0769. The monoisotopic (exact) mass is 313 g/mol. The highest BCUT2D eigenvalue weighted by Gasteiger charge is 2.12. The van der Waals surface area contributed by atoms with Gasteiger partial charge in [-0.2, -0.15) is 0 Å². The number of hydrogen-bond acceptors (Lipinski definition) is 2. The molecule has 2 aromatic carbocycles. The lowest BCUT2D eigenvalue weighted by molar-refractivity contribution is 0.436. The molecule has 0 aliphatic rings. The summed E-state index contributed by atoms with van der Waals surface area (Å²) in [6.07, 6.45) is 0. The summed E-state index contributed by atoms with van der Waals surface area (Å²) in [5.74, 6) is -0.737. The van der Waals surface area contributed by atoms with E-state index in [1.165, 1.54) is 24.3 Å². The summed E-state index contributed by atoms with van der Waals surface area (Å²) >= 11 is 3.11. The van der Waals surface area contributed by atoms with Crippen LogP contribution in [0.15, 0.2) is 40.9 Å². The Labute approximate surface area is 112 Å². The third kappa shape index (κ3) is 2.68. The van der Waals surface area contributed by atoms with E-state index in [9.17, 15) is 8.78 Å². The zero-order chi connectivity index (χ0) is 13.1. The van der Waals surface area contributed by atoms with E-state index in [1.807, 2.05) is 0 Å². The second-order valence-corrected chi connectivity index (χ2v) is 4.41. The summed E-state index contributed by atoms with van der Waals surface area (Å²) in [4.78, 5) is 0. The average molecular weight is 314 g/mol. The number of benzene rings is 2. The molecule has 0 spiro atoms. The number of hydrogen-bond donors (Lipinski definition) is 1. The van der Waals surface area contributed by atoms with E-state index < -0.39 is 11.6 Å². The molecule has 2 aromatic rings. The molecule has 0 radical (unpaired) electrons. The van der Waals surface area contributed by atoms with E-state index in [1.54, 1.807) is 12.1 Å². The van der Waals surface area contributed by atoms with Gasteiger partial charge < -0.3 is 10.5 Å². The Balaban J connectivity index is 2.33. The molecule has 0 unspecified atom stereocenters. The van der Waals surface area contributed by atoms with Gasteiger partial charge in [-0.15, -0.1) is 0 Å². The van der Waals surface area contributed by atoms with Crippen LogP contribution in [-0.2, 0) is 6.54 Å². The SMILES string of the molecule is NCc1ccc(Oc2cccc(F)c2)c(F)c1Br. The van der Waals surface area contributed by atoms with Crippen LogP contribution in [0, 0.1) is 11.6 Å². The summed E-state index contributed by atoms with van der Waals surface area (Å²) < 4.78 is 32.4. The Morgan fingerprint density at radius 2 is 1.94 bits per heavy atom. The second-order valence-electron chi connectivity index (χ2n) is 3.61. The smallest absolute Gasteiger partial charge is 0.180 e. The maximum Gasteiger partial charge on any atom is 0.180 e. The molecular weight excluding hydrogens is 304 g/mol. The Bertz CT molecular complexity index is 575. The first-order chi connectivity index (χ1) is 8.61. The second kappa shape index (κ2) is 5.46. The van der Waals surface area contributed by atoms with E-state index in [4.69, 9.17) is 10.5 Å².